The van der Waals surface area contributed by atoms with E-state index in [0.29, 0.717) is 19.0 Å². The van der Waals surface area contributed by atoms with Crippen molar-refractivity contribution in [2.75, 3.05) is 31.1 Å². The zero-order valence-corrected chi connectivity index (χ0v) is 16.7. The van der Waals surface area contributed by atoms with Gasteiger partial charge in [0.1, 0.15) is 11.4 Å². The van der Waals surface area contributed by atoms with E-state index in [9.17, 15) is 15.2 Å². The molecule has 1 aromatic rings. The summed E-state index contributed by atoms with van der Waals surface area (Å²) in [5, 5.41) is 18.7. The van der Waals surface area contributed by atoms with E-state index in [2.05, 4.69) is 33.7 Å². The number of hydrogen-bond donors (Lipinski definition) is 1. The van der Waals surface area contributed by atoms with Crippen LogP contribution in [0.4, 0.5) is 5.82 Å². The van der Waals surface area contributed by atoms with E-state index in [1.54, 1.807) is 12.3 Å². The highest BCUT2D eigenvalue weighted by atomic mass is 16.6. The summed E-state index contributed by atoms with van der Waals surface area (Å²) in [6.07, 6.45) is 10.8. The van der Waals surface area contributed by atoms with E-state index in [-0.39, 0.29) is 28.7 Å². The molecule has 0 amide bonds. The van der Waals surface area contributed by atoms with Gasteiger partial charge in [-0.05, 0) is 37.8 Å². The monoisotopic (exact) mass is 394 g/mol. The molecule has 3 saturated heterocycles. The molecule has 4 heterocycles. The second-order valence-corrected chi connectivity index (χ2v) is 8.62. The lowest BCUT2D eigenvalue weighted by Crippen LogP contribution is -2.53. The average molecular weight is 394 g/mol. The van der Waals surface area contributed by atoms with E-state index < -0.39 is 5.97 Å². The number of aromatic nitrogens is 1. The number of carbonyl (C=O) groups is 1. The maximum atomic E-state index is 11.2. The molecule has 7 nitrogen and oxygen atoms in total. The fourth-order valence-corrected chi connectivity index (χ4v) is 4.82. The molecule has 0 aliphatic carbocycles. The van der Waals surface area contributed by atoms with Crippen LogP contribution in [-0.4, -0.2) is 64.9 Å². The zero-order chi connectivity index (χ0) is 20.6. The van der Waals surface area contributed by atoms with Gasteiger partial charge in [-0.25, -0.2) is 9.78 Å². The molecule has 3 fully saturated rings. The lowest BCUT2D eigenvalue weighted by atomic mass is 9.69. The number of likely N-dealkylation sites (tertiary alicyclic amines) is 1. The van der Waals surface area contributed by atoms with Gasteiger partial charge in [-0.15, -0.1) is 6.42 Å². The smallest absolute Gasteiger partial charge is 0.335 e. The minimum absolute atomic E-state index is 0.00683. The molecule has 3 aliphatic heterocycles. The molecule has 0 saturated carbocycles. The number of carboxylic acids is 1. The van der Waals surface area contributed by atoms with Crippen molar-refractivity contribution < 1.29 is 14.6 Å². The lowest BCUT2D eigenvalue weighted by Gasteiger charge is -2.45. The van der Waals surface area contributed by atoms with Crippen LogP contribution in [0.1, 0.15) is 43.0 Å². The number of epoxide rings is 1. The average Bonchev–Trinajstić information content (AvgIpc) is 3.43. The van der Waals surface area contributed by atoms with E-state index >= 15 is 0 Å². The summed E-state index contributed by atoms with van der Waals surface area (Å²) >= 11 is 0. The third-order valence-corrected chi connectivity index (χ3v) is 7.07. The Hall–Kier alpha value is -2.61. The Morgan fingerprint density at radius 2 is 2.10 bits per heavy atom. The Balaban J connectivity index is 1.45. The van der Waals surface area contributed by atoms with Crippen LogP contribution in [0.2, 0.25) is 0 Å². The molecule has 1 N–H and O–H groups in total. The van der Waals surface area contributed by atoms with Gasteiger partial charge in [-0.1, -0.05) is 12.8 Å². The van der Waals surface area contributed by atoms with Crippen molar-refractivity contribution in [3.05, 3.63) is 23.9 Å². The molecule has 29 heavy (non-hydrogen) atoms. The molecule has 0 aromatic carbocycles. The van der Waals surface area contributed by atoms with E-state index in [0.717, 1.165) is 38.8 Å². The first-order valence-corrected chi connectivity index (χ1v) is 10.1. The minimum Gasteiger partial charge on any atom is -0.478 e. The standard InChI is InChI=1S/C22H26N4O3/c1-3-17-4-5-18(13-23)26(17)14-22(15-29-22)21(2)7-10-25(11-8-21)19-12-16(20(27)28)6-9-24-19/h1,6,9,12,17-18H,4-5,7-8,10-11,14-15H2,2H3,(H,27,28). The summed E-state index contributed by atoms with van der Waals surface area (Å²) in [5.41, 5.74) is -0.0261. The number of piperidine rings is 1. The SMILES string of the molecule is C#CC1CCC(C#N)N1CC1(C2(C)CCN(c3cc(C(=O)O)ccn3)CC2)CO1. The summed E-state index contributed by atoms with van der Waals surface area (Å²) in [6, 6.07) is 5.41. The van der Waals surface area contributed by atoms with Crippen molar-refractivity contribution in [1.82, 2.24) is 9.88 Å². The van der Waals surface area contributed by atoms with Crippen LogP contribution in [0, 0.1) is 29.1 Å². The van der Waals surface area contributed by atoms with Crippen molar-refractivity contribution in [3.8, 4) is 18.4 Å². The summed E-state index contributed by atoms with van der Waals surface area (Å²) in [7, 11) is 0. The molecule has 0 radical (unpaired) electrons. The highest BCUT2D eigenvalue weighted by Crippen LogP contribution is 2.52. The molecule has 0 spiro atoms. The Labute approximate surface area is 171 Å². The van der Waals surface area contributed by atoms with Crippen molar-refractivity contribution >= 4 is 11.8 Å². The van der Waals surface area contributed by atoms with E-state index in [1.165, 1.54) is 6.07 Å². The first-order valence-electron chi connectivity index (χ1n) is 10.1. The Morgan fingerprint density at radius 1 is 1.41 bits per heavy atom. The molecular weight excluding hydrogens is 368 g/mol. The Bertz CT molecular complexity index is 853. The van der Waals surface area contributed by atoms with Gasteiger partial charge in [0.25, 0.3) is 0 Å². The Morgan fingerprint density at radius 3 is 2.69 bits per heavy atom. The van der Waals surface area contributed by atoms with Crippen molar-refractivity contribution in [3.63, 3.8) is 0 Å². The summed E-state index contributed by atoms with van der Waals surface area (Å²) in [6.45, 7) is 5.24. The highest BCUT2D eigenvalue weighted by molar-refractivity contribution is 5.88. The normalized spacial score (nSPS) is 31.1. The van der Waals surface area contributed by atoms with Crippen LogP contribution in [0.5, 0.6) is 0 Å². The van der Waals surface area contributed by atoms with Gasteiger partial charge in [-0.2, -0.15) is 5.26 Å². The minimum atomic E-state index is -0.943. The van der Waals surface area contributed by atoms with Gasteiger partial charge >= 0.3 is 5.97 Å². The quantitative estimate of drug-likeness (QED) is 0.604. The maximum absolute atomic E-state index is 11.2. The third kappa shape index (κ3) is 3.46. The van der Waals surface area contributed by atoms with Crippen molar-refractivity contribution in [2.45, 2.75) is 50.3 Å². The van der Waals surface area contributed by atoms with Crippen molar-refractivity contribution in [2.24, 2.45) is 5.41 Å². The summed E-state index contributed by atoms with van der Waals surface area (Å²) < 4.78 is 6.05. The number of anilines is 1. The van der Waals surface area contributed by atoms with Crippen LogP contribution in [0.15, 0.2) is 18.3 Å². The van der Waals surface area contributed by atoms with Crippen molar-refractivity contribution in [1.29, 1.82) is 5.26 Å². The molecule has 3 aliphatic rings. The first kappa shape index (κ1) is 19.7. The number of pyridine rings is 1. The molecule has 0 bridgehead atoms. The second-order valence-electron chi connectivity index (χ2n) is 8.62. The van der Waals surface area contributed by atoms with Gasteiger partial charge in [0.15, 0.2) is 0 Å². The molecular formula is C22H26N4O3. The van der Waals surface area contributed by atoms with Crippen LogP contribution in [-0.2, 0) is 4.74 Å². The molecule has 4 rings (SSSR count). The molecule has 1 aromatic heterocycles. The lowest BCUT2D eigenvalue weighted by molar-refractivity contribution is 0.0492. The van der Waals surface area contributed by atoms with Crippen LogP contribution in [0.25, 0.3) is 0 Å². The van der Waals surface area contributed by atoms with Gasteiger partial charge in [0, 0.05) is 31.2 Å². The number of hydrogen-bond acceptors (Lipinski definition) is 6. The fourth-order valence-electron chi connectivity index (χ4n) is 4.82. The Kier molecular flexibility index (Phi) is 4.98. The highest BCUT2D eigenvalue weighted by Gasteiger charge is 2.61. The van der Waals surface area contributed by atoms with Gasteiger partial charge in [0.05, 0.1) is 30.3 Å². The number of rotatable bonds is 5. The molecule has 3 unspecified atom stereocenters. The number of nitriles is 1. The van der Waals surface area contributed by atoms with Crippen LogP contribution >= 0.6 is 0 Å². The molecule has 152 valence electrons. The van der Waals surface area contributed by atoms with Gasteiger partial charge < -0.3 is 14.7 Å². The summed E-state index contributed by atoms with van der Waals surface area (Å²) in [5.74, 6) is 2.60. The fraction of sp³-hybridized carbons (Fsp3) is 0.591. The van der Waals surface area contributed by atoms with Crippen LogP contribution in [0.3, 0.4) is 0 Å². The number of ether oxygens (including phenoxy) is 1. The second kappa shape index (κ2) is 7.33. The number of carboxylic acid groups (broad SMARTS) is 1. The summed E-state index contributed by atoms with van der Waals surface area (Å²) in [4.78, 5) is 19.9. The molecule has 7 heteroatoms. The van der Waals surface area contributed by atoms with E-state index in [4.69, 9.17) is 11.2 Å². The predicted molar refractivity (Wildman–Crippen MR) is 107 cm³/mol. The number of nitrogens with zero attached hydrogens (tertiary/aromatic N) is 4. The first-order chi connectivity index (χ1) is 13.9. The molecule has 3 atom stereocenters. The zero-order valence-electron chi connectivity index (χ0n) is 16.7. The number of aromatic carboxylic acids is 1. The largest absolute Gasteiger partial charge is 0.478 e. The van der Waals surface area contributed by atoms with Gasteiger partial charge in [-0.3, -0.25) is 4.90 Å². The maximum Gasteiger partial charge on any atom is 0.335 e. The number of terminal acetylenes is 1. The topological polar surface area (TPSA) is 93.0 Å². The third-order valence-electron chi connectivity index (χ3n) is 7.07. The van der Waals surface area contributed by atoms with E-state index in [1.807, 2.05) is 0 Å². The van der Waals surface area contributed by atoms with Gasteiger partial charge in [0.2, 0.25) is 0 Å². The predicted octanol–water partition coefficient (Wildman–Crippen LogP) is 2.15. The van der Waals surface area contributed by atoms with Crippen LogP contribution < -0.4 is 4.90 Å².